The molecule has 0 radical (unpaired) electrons. The summed E-state index contributed by atoms with van der Waals surface area (Å²) >= 11 is 0. The lowest BCUT2D eigenvalue weighted by atomic mass is 9.87. The number of hydrogen-bond donors (Lipinski definition) is 3. The van der Waals surface area contributed by atoms with Crippen LogP contribution in [0, 0.1) is 5.41 Å². The standard InChI is InChI=1S/C18H24N2O4.C13H17NO2.C11H21NO2/c21-17(24-15-8-4-5-9-15)16-12-19-10-11-20(16)18(22)23-13-14-6-2-1-3-7-14;14-12(10-6-2-1-3-7-10)13(15)16-11-8-4-5-9-11;1-11(2,3)9(12)10(13)14-8-6-4-5-7-8/h1-3,6-7,15-16,19H,4-5,8-13H2;1-3,6-7,11-12H,4-5,8-9,14H2;8-9H,4-7,12H2,1-3H3/t;12-;9-/m.11/s1. The van der Waals surface area contributed by atoms with Crippen molar-refractivity contribution in [1.82, 2.24) is 10.2 Å². The van der Waals surface area contributed by atoms with E-state index in [0.29, 0.717) is 19.6 Å². The van der Waals surface area contributed by atoms with Crippen molar-refractivity contribution < 1.29 is 38.1 Å². The third-order valence-electron chi connectivity index (χ3n) is 10.3. The largest absolute Gasteiger partial charge is 0.461 e. The molecule has 3 aliphatic carbocycles. The van der Waals surface area contributed by atoms with Gasteiger partial charge in [0.2, 0.25) is 0 Å². The maximum Gasteiger partial charge on any atom is 0.410 e. The molecule has 1 aliphatic heterocycles. The number of rotatable bonds is 9. The van der Waals surface area contributed by atoms with Gasteiger partial charge in [-0.1, -0.05) is 81.4 Å². The number of piperazine rings is 1. The zero-order valence-electron chi connectivity index (χ0n) is 32.4. The third-order valence-corrected chi connectivity index (χ3v) is 10.3. The third kappa shape index (κ3) is 14.0. The normalized spacial score (nSPS) is 20.4. The molecular formula is C42H62N4O8. The number of carbonyl (C=O) groups excluding carboxylic acids is 4. The molecule has 298 valence electrons. The van der Waals surface area contributed by atoms with Crippen molar-refractivity contribution in [3.05, 3.63) is 71.8 Å². The Hall–Kier alpha value is -4.00. The van der Waals surface area contributed by atoms with Crippen LogP contribution in [0.5, 0.6) is 0 Å². The molecule has 4 fully saturated rings. The number of nitrogens with zero attached hydrogens (tertiary/aromatic N) is 1. The van der Waals surface area contributed by atoms with Crippen LogP contribution < -0.4 is 16.8 Å². The number of hydrogen-bond acceptors (Lipinski definition) is 11. The van der Waals surface area contributed by atoms with Gasteiger partial charge in [-0.15, -0.1) is 0 Å². The zero-order chi connectivity index (χ0) is 38.9. The van der Waals surface area contributed by atoms with Crippen molar-refractivity contribution in [2.45, 2.75) is 141 Å². The summed E-state index contributed by atoms with van der Waals surface area (Å²) in [5.41, 5.74) is 13.2. The van der Waals surface area contributed by atoms with E-state index in [1.54, 1.807) is 0 Å². The van der Waals surface area contributed by atoms with Crippen molar-refractivity contribution in [3.8, 4) is 0 Å². The molecule has 1 amide bonds. The monoisotopic (exact) mass is 750 g/mol. The molecule has 1 heterocycles. The van der Waals surface area contributed by atoms with Crippen LogP contribution in [-0.2, 0) is 39.9 Å². The molecule has 2 aromatic rings. The minimum Gasteiger partial charge on any atom is -0.461 e. The topological polar surface area (TPSA) is 173 Å². The quantitative estimate of drug-likeness (QED) is 0.200. The first-order valence-electron chi connectivity index (χ1n) is 19.8. The van der Waals surface area contributed by atoms with Gasteiger partial charge in [-0.2, -0.15) is 0 Å². The number of nitrogens with one attached hydrogen (secondary N) is 1. The Morgan fingerprint density at radius 3 is 1.72 bits per heavy atom. The first kappa shape index (κ1) is 42.7. The molecule has 12 heteroatoms. The Bertz CT molecular complexity index is 1440. The molecule has 12 nitrogen and oxygen atoms in total. The number of amides is 1. The highest BCUT2D eigenvalue weighted by molar-refractivity contribution is 5.82. The van der Waals surface area contributed by atoms with Crippen LogP contribution in [0.2, 0.25) is 0 Å². The van der Waals surface area contributed by atoms with E-state index in [1.807, 2.05) is 81.4 Å². The summed E-state index contributed by atoms with van der Waals surface area (Å²) < 4.78 is 21.6. The van der Waals surface area contributed by atoms with Crippen LogP contribution in [0.3, 0.4) is 0 Å². The summed E-state index contributed by atoms with van der Waals surface area (Å²) in [6, 6.07) is 17.1. The van der Waals surface area contributed by atoms with Crippen molar-refractivity contribution in [1.29, 1.82) is 0 Å². The van der Waals surface area contributed by atoms with E-state index in [2.05, 4.69) is 5.32 Å². The minimum atomic E-state index is -0.651. The Labute approximate surface area is 321 Å². The van der Waals surface area contributed by atoms with Gasteiger partial charge in [-0.3, -0.25) is 9.69 Å². The zero-order valence-corrected chi connectivity index (χ0v) is 32.4. The number of esters is 3. The summed E-state index contributed by atoms with van der Waals surface area (Å²) in [5, 5.41) is 3.15. The molecule has 0 bridgehead atoms. The Morgan fingerprint density at radius 2 is 1.20 bits per heavy atom. The fourth-order valence-corrected chi connectivity index (χ4v) is 6.82. The SMILES string of the molecule is CC(C)(C)[C@H](N)C(=O)OC1CCCC1.N[C@@H](C(=O)OC1CCCC1)c1ccccc1.O=C(OC1CCCC1)C1CNCCN1C(=O)OCc1ccccc1. The lowest BCUT2D eigenvalue weighted by Crippen LogP contribution is -2.57. The molecule has 6 rings (SSSR count). The van der Waals surface area contributed by atoms with Crippen LogP contribution in [0.1, 0.15) is 115 Å². The molecule has 4 aliphatic rings. The first-order chi connectivity index (χ1) is 25.9. The van der Waals surface area contributed by atoms with Gasteiger partial charge in [0.25, 0.3) is 0 Å². The van der Waals surface area contributed by atoms with Crippen molar-refractivity contribution in [2.75, 3.05) is 19.6 Å². The second-order valence-corrected chi connectivity index (χ2v) is 15.7. The Morgan fingerprint density at radius 1 is 0.722 bits per heavy atom. The van der Waals surface area contributed by atoms with E-state index in [0.717, 1.165) is 75.3 Å². The van der Waals surface area contributed by atoms with E-state index >= 15 is 0 Å². The van der Waals surface area contributed by atoms with Gasteiger partial charge < -0.3 is 35.7 Å². The second kappa shape index (κ2) is 21.8. The summed E-state index contributed by atoms with van der Waals surface area (Å²) in [6.07, 6.45) is 12.4. The predicted octanol–water partition coefficient (Wildman–Crippen LogP) is 6.10. The summed E-state index contributed by atoms with van der Waals surface area (Å²) in [4.78, 5) is 49.7. The molecule has 3 saturated carbocycles. The van der Waals surface area contributed by atoms with Crippen LogP contribution in [0.4, 0.5) is 4.79 Å². The number of benzene rings is 2. The van der Waals surface area contributed by atoms with Gasteiger partial charge in [0.05, 0.1) is 0 Å². The number of carbonyl (C=O) groups is 4. The molecule has 0 aromatic heterocycles. The minimum absolute atomic E-state index is 0.00150. The molecule has 2 aromatic carbocycles. The molecule has 3 atom stereocenters. The average molecular weight is 751 g/mol. The maximum atomic E-state index is 12.4. The fourth-order valence-electron chi connectivity index (χ4n) is 6.82. The van der Waals surface area contributed by atoms with Crippen molar-refractivity contribution in [2.24, 2.45) is 16.9 Å². The molecule has 5 N–H and O–H groups in total. The van der Waals surface area contributed by atoms with Crippen LogP contribution in [-0.4, -0.2) is 78.9 Å². The summed E-state index contributed by atoms with van der Waals surface area (Å²) in [5.74, 6) is -0.881. The first-order valence-corrected chi connectivity index (χ1v) is 19.8. The van der Waals surface area contributed by atoms with E-state index < -0.39 is 24.2 Å². The maximum absolute atomic E-state index is 12.4. The van der Waals surface area contributed by atoms with E-state index in [4.69, 9.17) is 30.4 Å². The molecule has 0 spiro atoms. The lowest BCUT2D eigenvalue weighted by Gasteiger charge is -2.34. The summed E-state index contributed by atoms with van der Waals surface area (Å²) in [6.45, 7) is 7.56. The smallest absolute Gasteiger partial charge is 0.410 e. The van der Waals surface area contributed by atoms with Gasteiger partial charge in [0.15, 0.2) is 0 Å². The van der Waals surface area contributed by atoms with Crippen molar-refractivity contribution in [3.63, 3.8) is 0 Å². The van der Waals surface area contributed by atoms with Gasteiger partial charge in [0, 0.05) is 19.6 Å². The van der Waals surface area contributed by atoms with Gasteiger partial charge in [-0.05, 0) is 93.6 Å². The van der Waals surface area contributed by atoms with Gasteiger partial charge in [-0.25, -0.2) is 14.4 Å². The molecule has 54 heavy (non-hydrogen) atoms. The van der Waals surface area contributed by atoms with E-state index in [9.17, 15) is 19.2 Å². The van der Waals surface area contributed by atoms with Crippen LogP contribution >= 0.6 is 0 Å². The number of ether oxygens (including phenoxy) is 4. The van der Waals surface area contributed by atoms with Crippen molar-refractivity contribution >= 4 is 24.0 Å². The number of nitrogens with two attached hydrogens (primary N) is 2. The highest BCUT2D eigenvalue weighted by Crippen LogP contribution is 2.25. The molecule has 1 saturated heterocycles. The predicted molar refractivity (Wildman–Crippen MR) is 206 cm³/mol. The van der Waals surface area contributed by atoms with E-state index in [1.165, 1.54) is 17.7 Å². The molecule has 1 unspecified atom stereocenters. The van der Waals surface area contributed by atoms with Crippen LogP contribution in [0.15, 0.2) is 60.7 Å². The second-order valence-electron chi connectivity index (χ2n) is 15.7. The van der Waals surface area contributed by atoms with Gasteiger partial charge in [0.1, 0.15) is 43.0 Å². The fraction of sp³-hybridized carbons (Fsp3) is 0.619. The molecular weight excluding hydrogens is 688 g/mol. The average Bonchev–Trinajstić information content (AvgIpc) is 4.00. The van der Waals surface area contributed by atoms with Gasteiger partial charge >= 0.3 is 24.0 Å². The Kier molecular flexibility index (Phi) is 17.2. The highest BCUT2D eigenvalue weighted by Gasteiger charge is 2.36. The summed E-state index contributed by atoms with van der Waals surface area (Å²) in [7, 11) is 0. The lowest BCUT2D eigenvalue weighted by molar-refractivity contribution is -0.155. The van der Waals surface area contributed by atoms with Crippen LogP contribution in [0.25, 0.3) is 0 Å². The van der Waals surface area contributed by atoms with E-state index in [-0.39, 0.29) is 48.2 Å². The highest BCUT2D eigenvalue weighted by atomic mass is 16.6. The Balaban J connectivity index is 0.000000190.